The summed E-state index contributed by atoms with van der Waals surface area (Å²) in [5.41, 5.74) is 6.06. The first-order chi connectivity index (χ1) is 30.0. The summed E-state index contributed by atoms with van der Waals surface area (Å²) in [5, 5.41) is 18.8. The summed E-state index contributed by atoms with van der Waals surface area (Å²) in [5.74, 6) is 6.88. The summed E-state index contributed by atoms with van der Waals surface area (Å²) in [6.07, 6.45) is 14.4. The van der Waals surface area contributed by atoms with Gasteiger partial charge in [0.25, 0.3) is 0 Å². The molecule has 4 aliphatic heterocycles. The zero-order valence-corrected chi connectivity index (χ0v) is 37.0. The smallest absolute Gasteiger partial charge is 0.133 e. The second-order valence-electron chi connectivity index (χ2n) is 20.4. The molecule has 0 amide bonds. The van der Waals surface area contributed by atoms with Gasteiger partial charge in [-0.1, -0.05) is 13.8 Å². The number of carbonyl (C=O) groups is 2. The Hall–Kier alpha value is -5.04. The Balaban J connectivity index is 0.000000158. The second kappa shape index (κ2) is 18.0. The third-order valence-electron chi connectivity index (χ3n) is 15.4. The summed E-state index contributed by atoms with van der Waals surface area (Å²) in [6.45, 7) is 12.8. The van der Waals surface area contributed by atoms with Gasteiger partial charge < -0.3 is 19.6 Å². The molecule has 0 spiro atoms. The Morgan fingerprint density at radius 1 is 0.532 bits per heavy atom. The van der Waals surface area contributed by atoms with Gasteiger partial charge in [-0.2, -0.15) is 10.5 Å². The number of anilines is 2. The Bertz CT molecular complexity index is 2200. The molecule has 6 aliphatic rings. The van der Waals surface area contributed by atoms with Crippen LogP contribution in [0.15, 0.2) is 49.1 Å². The lowest BCUT2D eigenvalue weighted by Crippen LogP contribution is -2.54. The van der Waals surface area contributed by atoms with Crippen LogP contribution in [0.3, 0.4) is 0 Å². The van der Waals surface area contributed by atoms with Gasteiger partial charge in [0.1, 0.15) is 45.8 Å². The van der Waals surface area contributed by atoms with Crippen molar-refractivity contribution in [2.24, 2.45) is 59.2 Å². The Morgan fingerprint density at radius 2 is 0.903 bits per heavy atom. The number of piperidine rings is 6. The van der Waals surface area contributed by atoms with Crippen molar-refractivity contribution in [1.82, 2.24) is 29.7 Å². The molecule has 4 aromatic rings. The van der Waals surface area contributed by atoms with E-state index < -0.39 is 0 Å². The van der Waals surface area contributed by atoms with Crippen LogP contribution in [0.25, 0.3) is 22.1 Å². The molecular weight excluding hydrogens is 773 g/mol. The number of rotatable bonds is 10. The van der Waals surface area contributed by atoms with Crippen LogP contribution in [0.2, 0.25) is 0 Å². The molecule has 324 valence electrons. The highest BCUT2D eigenvalue weighted by Crippen LogP contribution is 2.48. The highest BCUT2D eigenvalue weighted by Gasteiger charge is 2.47. The highest BCUT2D eigenvalue weighted by molar-refractivity contribution is 5.93. The third-order valence-corrected chi connectivity index (χ3v) is 15.4. The molecule has 0 radical (unpaired) electrons. The number of ketones is 2. The average Bonchev–Trinajstić information content (AvgIpc) is 3.26. The van der Waals surface area contributed by atoms with Crippen LogP contribution in [0.5, 0.6) is 0 Å². The molecule has 10 rings (SSSR count). The van der Waals surface area contributed by atoms with E-state index in [4.69, 9.17) is 0 Å². The van der Waals surface area contributed by atoms with E-state index in [1.54, 1.807) is 24.8 Å². The molecule has 8 atom stereocenters. The Labute approximate surface area is 366 Å². The largest absolute Gasteiger partial charge is 0.369 e. The minimum atomic E-state index is 0.376. The van der Waals surface area contributed by atoms with E-state index in [-0.39, 0.29) is 0 Å². The fraction of sp³-hybridized carbons (Fsp3) is 0.600. The lowest BCUT2D eigenvalue weighted by Gasteiger charge is -2.53. The normalized spacial score (nSPS) is 30.6. The molecule has 62 heavy (non-hydrogen) atoms. The van der Waals surface area contributed by atoms with E-state index >= 15 is 0 Å². The van der Waals surface area contributed by atoms with Crippen LogP contribution < -0.4 is 9.80 Å². The molecule has 2 aromatic carbocycles. The van der Waals surface area contributed by atoms with Crippen LogP contribution >= 0.6 is 0 Å². The summed E-state index contributed by atoms with van der Waals surface area (Å²) in [6, 6.07) is 12.1. The van der Waals surface area contributed by atoms with E-state index in [2.05, 4.69) is 79.6 Å². The fourth-order valence-corrected chi connectivity index (χ4v) is 12.9. The zero-order chi connectivity index (χ0) is 43.1. The van der Waals surface area contributed by atoms with Gasteiger partial charge in [-0.05, 0) is 123 Å². The van der Waals surface area contributed by atoms with Crippen LogP contribution in [0, 0.1) is 81.8 Å². The number of aromatic nitrogens is 4. The molecule has 2 aromatic heterocycles. The molecule has 0 N–H and O–H groups in total. The lowest BCUT2D eigenvalue weighted by molar-refractivity contribution is -0.127. The summed E-state index contributed by atoms with van der Waals surface area (Å²) < 4.78 is 0. The number of hydrogen-bond acceptors (Lipinski definition) is 12. The molecule has 4 bridgehead atoms. The van der Waals surface area contributed by atoms with Crippen molar-refractivity contribution in [3.05, 3.63) is 60.2 Å². The van der Waals surface area contributed by atoms with E-state index in [0.717, 1.165) is 124 Å². The van der Waals surface area contributed by atoms with E-state index in [1.165, 1.54) is 12.8 Å². The Kier molecular flexibility index (Phi) is 12.3. The maximum absolute atomic E-state index is 13.0. The summed E-state index contributed by atoms with van der Waals surface area (Å²) >= 11 is 0. The second-order valence-corrected chi connectivity index (χ2v) is 20.4. The quantitative estimate of drug-likeness (QED) is 0.162. The van der Waals surface area contributed by atoms with Crippen molar-refractivity contribution < 1.29 is 9.59 Å². The predicted molar refractivity (Wildman–Crippen MR) is 241 cm³/mol. The molecular formula is C50H62N10O2. The third kappa shape index (κ3) is 8.79. The molecule has 6 heterocycles. The standard InChI is InChI=1S/2C25H31N5O/c2*1-16-7-17(8-21(31)10-22-19-9-20(22)15-29(2)14-19)13-30(12-16)23-4-3-18(11-26)24-25(23)28-6-5-27-24/h2*3-6,16-17,19-20,22H,7-10,12-15H2,1-2H3/t2*16-,17-,19?,20?,22?/m00/s1. The maximum atomic E-state index is 13.0. The number of nitrogens with zero attached hydrogens (tertiary/aromatic N) is 10. The number of hydrogen-bond donors (Lipinski definition) is 0. The Morgan fingerprint density at radius 3 is 1.27 bits per heavy atom. The lowest BCUT2D eigenvalue weighted by atomic mass is 9.60. The number of Topliss-reactive ketones (excluding diaryl/α,β-unsaturated/α-hetero) is 2. The van der Waals surface area contributed by atoms with Crippen LogP contribution in [-0.2, 0) is 9.59 Å². The van der Waals surface area contributed by atoms with Crippen molar-refractivity contribution in [1.29, 1.82) is 10.5 Å². The number of benzene rings is 2. The van der Waals surface area contributed by atoms with E-state index in [0.29, 0.717) is 82.1 Å². The van der Waals surface area contributed by atoms with Gasteiger partial charge in [-0.15, -0.1) is 0 Å². The zero-order valence-electron chi connectivity index (χ0n) is 37.0. The van der Waals surface area contributed by atoms with Gasteiger partial charge in [0.2, 0.25) is 0 Å². The van der Waals surface area contributed by atoms with E-state index in [1.807, 2.05) is 24.3 Å². The molecule has 4 saturated heterocycles. The monoisotopic (exact) mass is 835 g/mol. The SMILES string of the molecule is C[C@H]1C[C@@H](CC(=O)CC2C3CC2CN(C)C3)CN(c2ccc(C#N)c3nccnc23)C1.C[C@H]1C[C@@H](CC(=O)CC2C3CC2CN(C)C3)CN(c2ccc(C#N)c3nccnc23)C1. The van der Waals surface area contributed by atoms with Crippen molar-refractivity contribution >= 4 is 45.0 Å². The first-order valence-electron chi connectivity index (χ1n) is 23.2. The summed E-state index contributed by atoms with van der Waals surface area (Å²) in [4.78, 5) is 53.4. The molecule has 12 nitrogen and oxygen atoms in total. The summed E-state index contributed by atoms with van der Waals surface area (Å²) in [7, 11) is 4.40. The van der Waals surface area contributed by atoms with Crippen molar-refractivity contribution in [3.63, 3.8) is 0 Å². The van der Waals surface area contributed by atoms with Gasteiger partial charge in [-0.25, -0.2) is 0 Å². The van der Waals surface area contributed by atoms with Gasteiger partial charge in [0.15, 0.2) is 0 Å². The first kappa shape index (κ1) is 42.3. The van der Waals surface area contributed by atoms with Crippen LogP contribution in [0.1, 0.15) is 76.3 Å². The molecule has 4 unspecified atom stereocenters. The highest BCUT2D eigenvalue weighted by atomic mass is 16.1. The maximum Gasteiger partial charge on any atom is 0.133 e. The van der Waals surface area contributed by atoms with Gasteiger partial charge in [0, 0.05) is 103 Å². The molecule has 12 heteroatoms. The van der Waals surface area contributed by atoms with Crippen molar-refractivity contribution in [2.45, 2.75) is 65.2 Å². The number of likely N-dealkylation sites (tertiary alicyclic amines) is 2. The molecule has 6 fully saturated rings. The van der Waals surface area contributed by atoms with Gasteiger partial charge in [0.05, 0.1) is 22.5 Å². The van der Waals surface area contributed by atoms with Crippen LogP contribution in [-0.4, -0.2) is 108 Å². The average molecular weight is 835 g/mol. The molecule has 2 aliphatic carbocycles. The van der Waals surface area contributed by atoms with Crippen molar-refractivity contribution in [3.8, 4) is 12.1 Å². The first-order valence-corrected chi connectivity index (χ1v) is 23.2. The topological polar surface area (TPSA) is 146 Å². The number of nitriles is 2. The minimum Gasteiger partial charge on any atom is -0.369 e. The fourth-order valence-electron chi connectivity index (χ4n) is 12.9. The number of carbonyl (C=O) groups excluding carboxylic acids is 2. The number of fused-ring (bicyclic) bond motifs is 6. The van der Waals surface area contributed by atoms with Gasteiger partial charge in [-0.3, -0.25) is 29.5 Å². The van der Waals surface area contributed by atoms with Crippen LogP contribution in [0.4, 0.5) is 11.4 Å². The van der Waals surface area contributed by atoms with Crippen molar-refractivity contribution in [2.75, 3.05) is 76.3 Å². The predicted octanol–water partition coefficient (Wildman–Crippen LogP) is 7.02. The van der Waals surface area contributed by atoms with E-state index in [9.17, 15) is 20.1 Å². The molecule has 2 saturated carbocycles. The van der Waals surface area contributed by atoms with Gasteiger partial charge >= 0.3 is 0 Å². The minimum absolute atomic E-state index is 0.376.